The molecule has 4 saturated carbocycles. The predicted octanol–water partition coefficient (Wildman–Crippen LogP) is 0.951. The molecule has 6 heteroatoms. The van der Waals surface area contributed by atoms with Crippen molar-refractivity contribution in [2.24, 2.45) is 23.7 Å². The SMILES string of the molecule is O=C(O)c1c(=O)o[nH][n+]1C1C2CC3CC(C2)CC1C3. The maximum atomic E-state index is 11.5. The van der Waals surface area contributed by atoms with Crippen molar-refractivity contribution in [1.82, 2.24) is 5.27 Å². The highest BCUT2D eigenvalue weighted by atomic mass is 16.5. The van der Waals surface area contributed by atoms with E-state index < -0.39 is 11.6 Å². The van der Waals surface area contributed by atoms with E-state index in [4.69, 9.17) is 4.52 Å². The van der Waals surface area contributed by atoms with Gasteiger partial charge in [-0.25, -0.2) is 9.59 Å². The summed E-state index contributed by atoms with van der Waals surface area (Å²) in [5, 5.41) is 11.7. The van der Waals surface area contributed by atoms with E-state index in [9.17, 15) is 14.7 Å². The van der Waals surface area contributed by atoms with E-state index in [2.05, 4.69) is 5.27 Å². The van der Waals surface area contributed by atoms with Crippen molar-refractivity contribution in [3.63, 3.8) is 0 Å². The molecule has 102 valence electrons. The minimum Gasteiger partial charge on any atom is -0.473 e. The van der Waals surface area contributed by atoms with Crippen LogP contribution in [0.15, 0.2) is 9.32 Å². The monoisotopic (exact) mass is 265 g/mol. The van der Waals surface area contributed by atoms with Crippen molar-refractivity contribution < 1.29 is 19.1 Å². The van der Waals surface area contributed by atoms with Crippen molar-refractivity contribution >= 4 is 5.97 Å². The Hall–Kier alpha value is -1.59. The lowest BCUT2D eigenvalue weighted by Gasteiger charge is -2.50. The van der Waals surface area contributed by atoms with Crippen molar-refractivity contribution in [2.45, 2.75) is 38.1 Å². The molecule has 0 amide bonds. The predicted molar refractivity (Wildman–Crippen MR) is 62.6 cm³/mol. The molecule has 6 nitrogen and oxygen atoms in total. The Morgan fingerprint density at radius 3 is 2.26 bits per heavy atom. The summed E-state index contributed by atoms with van der Waals surface area (Å²) < 4.78 is 6.21. The van der Waals surface area contributed by atoms with Crippen LogP contribution < -0.4 is 10.3 Å². The molecule has 19 heavy (non-hydrogen) atoms. The van der Waals surface area contributed by atoms with Crippen LogP contribution in [-0.2, 0) is 0 Å². The molecule has 5 rings (SSSR count). The van der Waals surface area contributed by atoms with Gasteiger partial charge in [0.1, 0.15) is 0 Å². The number of rotatable bonds is 2. The molecule has 4 bridgehead atoms. The third-order valence-corrected chi connectivity index (χ3v) is 5.35. The molecule has 0 aliphatic heterocycles. The Balaban J connectivity index is 1.77. The van der Waals surface area contributed by atoms with Crippen LogP contribution in [0.1, 0.15) is 48.6 Å². The van der Waals surface area contributed by atoms with Crippen LogP contribution in [0.3, 0.4) is 0 Å². The number of hydrogen-bond acceptors (Lipinski definition) is 3. The fourth-order valence-corrected chi connectivity index (χ4v) is 5.00. The summed E-state index contributed by atoms with van der Waals surface area (Å²) in [4.78, 5) is 22.8. The van der Waals surface area contributed by atoms with Gasteiger partial charge in [0.2, 0.25) is 0 Å². The van der Waals surface area contributed by atoms with Crippen LogP contribution in [0.4, 0.5) is 0 Å². The van der Waals surface area contributed by atoms with Crippen LogP contribution in [0.2, 0.25) is 0 Å². The fraction of sp³-hybridized carbons (Fsp3) is 0.769. The zero-order valence-corrected chi connectivity index (χ0v) is 10.5. The molecule has 2 N–H and O–H groups in total. The number of aromatic nitrogens is 2. The van der Waals surface area contributed by atoms with Gasteiger partial charge in [-0.1, -0.05) is 4.68 Å². The van der Waals surface area contributed by atoms with Crippen LogP contribution in [0.25, 0.3) is 0 Å². The minimum absolute atomic E-state index is 0.102. The van der Waals surface area contributed by atoms with Crippen LogP contribution >= 0.6 is 0 Å². The van der Waals surface area contributed by atoms with Gasteiger partial charge in [-0.15, -0.1) is 0 Å². The maximum absolute atomic E-state index is 11.5. The summed E-state index contributed by atoms with van der Waals surface area (Å²) in [6.07, 6.45) is 6.00. The average Bonchev–Trinajstić information content (AvgIpc) is 2.69. The first-order chi connectivity index (χ1) is 9.13. The van der Waals surface area contributed by atoms with E-state index in [0.717, 1.165) is 37.5 Å². The summed E-state index contributed by atoms with van der Waals surface area (Å²) >= 11 is 0. The third kappa shape index (κ3) is 1.52. The summed E-state index contributed by atoms with van der Waals surface area (Å²) in [5.74, 6) is 1.40. The van der Waals surface area contributed by atoms with E-state index in [-0.39, 0.29) is 11.7 Å². The zero-order chi connectivity index (χ0) is 13.1. The third-order valence-electron chi connectivity index (χ3n) is 5.35. The Kier molecular flexibility index (Phi) is 2.20. The average molecular weight is 265 g/mol. The lowest BCUT2D eigenvalue weighted by atomic mass is 9.54. The summed E-state index contributed by atoms with van der Waals surface area (Å²) in [6.45, 7) is 0. The molecule has 1 heterocycles. The Morgan fingerprint density at radius 2 is 1.74 bits per heavy atom. The first kappa shape index (κ1) is 11.3. The highest BCUT2D eigenvalue weighted by Crippen LogP contribution is 2.56. The van der Waals surface area contributed by atoms with E-state index in [0.29, 0.717) is 11.8 Å². The van der Waals surface area contributed by atoms with Crippen LogP contribution in [0, 0.1) is 23.7 Å². The number of nitrogens with one attached hydrogen (secondary N) is 1. The number of H-pyrrole nitrogens is 1. The van der Waals surface area contributed by atoms with Crippen molar-refractivity contribution in [1.29, 1.82) is 0 Å². The Labute approximate surface area is 109 Å². The second-order valence-electron chi connectivity index (χ2n) is 6.43. The second kappa shape index (κ2) is 3.71. The molecule has 0 aromatic carbocycles. The molecule has 1 aromatic rings. The normalized spacial score (nSPS) is 39.7. The van der Waals surface area contributed by atoms with Crippen molar-refractivity contribution in [2.75, 3.05) is 0 Å². The van der Waals surface area contributed by atoms with E-state index >= 15 is 0 Å². The summed E-state index contributed by atoms with van der Waals surface area (Å²) in [7, 11) is 0. The second-order valence-corrected chi connectivity index (χ2v) is 6.43. The van der Waals surface area contributed by atoms with E-state index in [1.165, 1.54) is 11.1 Å². The topological polar surface area (TPSA) is 87.2 Å². The Bertz CT molecular complexity index is 560. The van der Waals surface area contributed by atoms with Gasteiger partial charge in [0.15, 0.2) is 6.04 Å². The molecule has 1 aromatic heterocycles. The van der Waals surface area contributed by atoms with Gasteiger partial charge in [0, 0.05) is 11.8 Å². The fourth-order valence-electron chi connectivity index (χ4n) is 5.00. The molecule has 4 aliphatic carbocycles. The quantitative estimate of drug-likeness (QED) is 0.779. The van der Waals surface area contributed by atoms with Gasteiger partial charge in [0.25, 0.3) is 0 Å². The number of aromatic carboxylic acids is 1. The first-order valence-electron chi connectivity index (χ1n) is 6.99. The van der Waals surface area contributed by atoms with Gasteiger partial charge in [-0.05, 0) is 49.2 Å². The standard InChI is InChI=1S/C13H16N2O4/c16-12(17)11-13(18)19-14-15(11)10-8-2-6-1-7(4-8)5-9(10)3-6/h6-10H,1-5H2,(H-,14,16,17,18)/p+1. The number of hydrogen-bond donors (Lipinski definition) is 2. The Morgan fingerprint density at radius 1 is 1.16 bits per heavy atom. The van der Waals surface area contributed by atoms with E-state index in [1.54, 1.807) is 0 Å². The summed E-state index contributed by atoms with van der Waals surface area (Å²) in [6, 6.07) is 0.102. The molecule has 0 radical (unpaired) electrons. The van der Waals surface area contributed by atoms with Gasteiger partial charge in [0.05, 0.1) is 0 Å². The number of carboxylic acids is 1. The molecule has 0 saturated heterocycles. The lowest BCUT2D eigenvalue weighted by molar-refractivity contribution is -0.803. The minimum atomic E-state index is -1.20. The smallest absolute Gasteiger partial charge is 0.442 e. The highest BCUT2D eigenvalue weighted by molar-refractivity contribution is 5.82. The maximum Gasteiger partial charge on any atom is 0.442 e. The molecule has 0 unspecified atom stereocenters. The molecular weight excluding hydrogens is 248 g/mol. The number of aromatic amines is 1. The van der Waals surface area contributed by atoms with Gasteiger partial charge < -0.3 is 5.11 Å². The molecule has 4 aliphatic rings. The molecule has 0 atom stereocenters. The first-order valence-corrected chi connectivity index (χ1v) is 6.99. The number of carboxylic acid groups (broad SMARTS) is 1. The van der Waals surface area contributed by atoms with E-state index in [1.807, 2.05) is 0 Å². The molecule has 4 fully saturated rings. The van der Waals surface area contributed by atoms with Gasteiger partial charge >= 0.3 is 17.3 Å². The van der Waals surface area contributed by atoms with Gasteiger partial charge in [-0.2, -0.15) is 0 Å². The highest BCUT2D eigenvalue weighted by Gasteiger charge is 2.55. The van der Waals surface area contributed by atoms with Gasteiger partial charge in [-0.3, -0.25) is 4.52 Å². The number of nitrogens with zero attached hydrogens (tertiary/aromatic N) is 1. The van der Waals surface area contributed by atoms with Crippen molar-refractivity contribution in [3.8, 4) is 0 Å². The zero-order valence-electron chi connectivity index (χ0n) is 10.5. The van der Waals surface area contributed by atoms with Crippen LogP contribution in [0.5, 0.6) is 0 Å². The van der Waals surface area contributed by atoms with Crippen molar-refractivity contribution in [3.05, 3.63) is 16.1 Å². The molecule has 0 spiro atoms. The lowest BCUT2D eigenvalue weighted by Crippen LogP contribution is -2.59. The largest absolute Gasteiger partial charge is 0.473 e. The summed E-state index contributed by atoms with van der Waals surface area (Å²) in [5.41, 5.74) is -1.03. The van der Waals surface area contributed by atoms with Crippen LogP contribution in [-0.4, -0.2) is 16.3 Å². The number of carbonyl (C=O) groups is 1. The molecular formula is C13H17N2O4+.